The van der Waals surface area contributed by atoms with Gasteiger partial charge in [-0.2, -0.15) is 0 Å². The Morgan fingerprint density at radius 2 is 1.96 bits per heavy atom. The molecule has 1 atom stereocenters. The number of aryl methyl sites for hydroxylation is 1. The Balaban J connectivity index is 1.62. The van der Waals surface area contributed by atoms with E-state index >= 15 is 0 Å². The van der Waals surface area contributed by atoms with Crippen LogP contribution in [0.3, 0.4) is 0 Å². The minimum atomic E-state index is -0.214. The lowest BCUT2D eigenvalue weighted by Crippen LogP contribution is -2.25. The SMILES string of the molecule is CCCCOC(=O)c1ccc2c(c1)CCC(Oc1ccccc1)C2. The Morgan fingerprint density at radius 3 is 2.75 bits per heavy atom. The van der Waals surface area contributed by atoms with Crippen LogP contribution in [0, 0.1) is 0 Å². The van der Waals surface area contributed by atoms with Crippen LogP contribution in [0.1, 0.15) is 47.7 Å². The van der Waals surface area contributed by atoms with Crippen LogP contribution >= 0.6 is 0 Å². The van der Waals surface area contributed by atoms with E-state index in [4.69, 9.17) is 9.47 Å². The van der Waals surface area contributed by atoms with Crippen LogP contribution in [0.4, 0.5) is 0 Å². The number of para-hydroxylation sites is 1. The van der Waals surface area contributed by atoms with Gasteiger partial charge in [0.1, 0.15) is 11.9 Å². The van der Waals surface area contributed by atoms with Gasteiger partial charge in [0.2, 0.25) is 0 Å². The van der Waals surface area contributed by atoms with Crippen molar-refractivity contribution in [1.82, 2.24) is 0 Å². The summed E-state index contributed by atoms with van der Waals surface area (Å²) >= 11 is 0. The third-order valence-corrected chi connectivity index (χ3v) is 4.40. The second-order valence-electron chi connectivity index (χ2n) is 6.27. The maximum Gasteiger partial charge on any atom is 0.338 e. The summed E-state index contributed by atoms with van der Waals surface area (Å²) in [7, 11) is 0. The minimum Gasteiger partial charge on any atom is -0.490 e. The van der Waals surface area contributed by atoms with E-state index < -0.39 is 0 Å². The number of carbonyl (C=O) groups excluding carboxylic acids is 1. The van der Waals surface area contributed by atoms with Crippen molar-refractivity contribution in [2.75, 3.05) is 6.61 Å². The zero-order valence-electron chi connectivity index (χ0n) is 14.2. The Morgan fingerprint density at radius 1 is 1.12 bits per heavy atom. The minimum absolute atomic E-state index is 0.197. The predicted molar refractivity (Wildman–Crippen MR) is 94.5 cm³/mol. The van der Waals surface area contributed by atoms with E-state index in [1.807, 2.05) is 48.5 Å². The Hall–Kier alpha value is -2.29. The van der Waals surface area contributed by atoms with E-state index in [0.29, 0.717) is 12.2 Å². The van der Waals surface area contributed by atoms with E-state index in [2.05, 4.69) is 6.92 Å². The van der Waals surface area contributed by atoms with Crippen LogP contribution in [0.2, 0.25) is 0 Å². The molecule has 3 rings (SSSR count). The molecule has 1 aliphatic carbocycles. The molecule has 0 amide bonds. The van der Waals surface area contributed by atoms with Gasteiger partial charge in [0.15, 0.2) is 0 Å². The highest BCUT2D eigenvalue weighted by molar-refractivity contribution is 5.89. The highest BCUT2D eigenvalue weighted by Crippen LogP contribution is 2.26. The molecule has 0 aliphatic heterocycles. The van der Waals surface area contributed by atoms with Crippen molar-refractivity contribution in [2.45, 2.75) is 45.1 Å². The molecule has 0 heterocycles. The molecule has 0 saturated carbocycles. The van der Waals surface area contributed by atoms with Crippen molar-refractivity contribution in [2.24, 2.45) is 0 Å². The van der Waals surface area contributed by atoms with Crippen molar-refractivity contribution in [1.29, 1.82) is 0 Å². The van der Waals surface area contributed by atoms with Crippen molar-refractivity contribution in [3.05, 3.63) is 65.2 Å². The number of esters is 1. The second kappa shape index (κ2) is 8.00. The summed E-state index contributed by atoms with van der Waals surface area (Å²) in [6, 6.07) is 15.9. The normalized spacial score (nSPS) is 16.3. The van der Waals surface area contributed by atoms with Crippen LogP contribution in [-0.2, 0) is 17.6 Å². The number of unbranched alkanes of at least 4 members (excludes halogenated alkanes) is 1. The van der Waals surface area contributed by atoms with Crippen molar-refractivity contribution < 1.29 is 14.3 Å². The summed E-state index contributed by atoms with van der Waals surface area (Å²) in [5.41, 5.74) is 3.17. The maximum atomic E-state index is 12.1. The van der Waals surface area contributed by atoms with Crippen molar-refractivity contribution >= 4 is 5.97 Å². The number of hydrogen-bond acceptors (Lipinski definition) is 3. The van der Waals surface area contributed by atoms with E-state index in [1.165, 1.54) is 11.1 Å². The Bertz CT molecular complexity index is 679. The standard InChI is InChI=1S/C21H24O3/c1-2-3-13-23-21(22)18-10-9-17-15-20(12-11-16(17)14-18)24-19-7-5-4-6-8-19/h4-10,14,20H,2-3,11-13,15H2,1H3. The van der Waals surface area contributed by atoms with Crippen molar-refractivity contribution in [3.8, 4) is 5.75 Å². The molecule has 1 unspecified atom stereocenters. The van der Waals surface area contributed by atoms with Gasteiger partial charge in [-0.25, -0.2) is 4.79 Å². The summed E-state index contributed by atoms with van der Waals surface area (Å²) < 4.78 is 11.4. The highest BCUT2D eigenvalue weighted by Gasteiger charge is 2.21. The first-order valence-electron chi connectivity index (χ1n) is 8.77. The fraction of sp³-hybridized carbons (Fsp3) is 0.381. The zero-order valence-corrected chi connectivity index (χ0v) is 14.2. The molecule has 0 saturated heterocycles. The molecule has 0 N–H and O–H groups in total. The number of ether oxygens (including phenoxy) is 2. The average Bonchev–Trinajstić information content (AvgIpc) is 2.62. The van der Waals surface area contributed by atoms with Gasteiger partial charge < -0.3 is 9.47 Å². The molecule has 0 bridgehead atoms. The van der Waals surface area contributed by atoms with Crippen LogP contribution in [-0.4, -0.2) is 18.7 Å². The topological polar surface area (TPSA) is 35.5 Å². The van der Waals surface area contributed by atoms with Gasteiger partial charge in [-0.05, 0) is 54.7 Å². The first-order chi connectivity index (χ1) is 11.8. The van der Waals surface area contributed by atoms with Crippen LogP contribution < -0.4 is 4.74 Å². The van der Waals surface area contributed by atoms with Gasteiger partial charge in [-0.3, -0.25) is 0 Å². The number of rotatable bonds is 6. The molecule has 126 valence electrons. The number of benzene rings is 2. The lowest BCUT2D eigenvalue weighted by Gasteiger charge is -2.26. The monoisotopic (exact) mass is 324 g/mol. The molecule has 1 aliphatic rings. The molecule has 0 aromatic heterocycles. The molecule has 24 heavy (non-hydrogen) atoms. The smallest absolute Gasteiger partial charge is 0.338 e. The fourth-order valence-corrected chi connectivity index (χ4v) is 3.03. The molecule has 3 nitrogen and oxygen atoms in total. The molecule has 2 aromatic rings. The molecular weight excluding hydrogens is 300 g/mol. The predicted octanol–water partition coefficient (Wildman–Crippen LogP) is 4.58. The zero-order chi connectivity index (χ0) is 16.8. The highest BCUT2D eigenvalue weighted by atomic mass is 16.5. The first kappa shape index (κ1) is 16.6. The summed E-state index contributed by atoms with van der Waals surface area (Å²) in [4.78, 5) is 12.1. The molecule has 0 radical (unpaired) electrons. The van der Waals surface area contributed by atoms with Crippen LogP contribution in [0.25, 0.3) is 0 Å². The van der Waals surface area contributed by atoms with E-state index in [9.17, 15) is 4.79 Å². The molecule has 2 aromatic carbocycles. The van der Waals surface area contributed by atoms with Gasteiger partial charge >= 0.3 is 5.97 Å². The Kier molecular flexibility index (Phi) is 5.52. The summed E-state index contributed by atoms with van der Waals surface area (Å²) in [5, 5.41) is 0. The molecule has 0 spiro atoms. The fourth-order valence-electron chi connectivity index (χ4n) is 3.03. The van der Waals surface area contributed by atoms with E-state index in [1.54, 1.807) is 0 Å². The molecule has 3 heteroatoms. The number of hydrogen-bond donors (Lipinski definition) is 0. The third-order valence-electron chi connectivity index (χ3n) is 4.40. The van der Waals surface area contributed by atoms with E-state index in [-0.39, 0.29) is 12.1 Å². The lowest BCUT2D eigenvalue weighted by atomic mass is 9.88. The lowest BCUT2D eigenvalue weighted by molar-refractivity contribution is 0.0499. The number of carbonyl (C=O) groups is 1. The van der Waals surface area contributed by atoms with Crippen LogP contribution in [0.5, 0.6) is 5.75 Å². The second-order valence-corrected chi connectivity index (χ2v) is 6.27. The first-order valence-corrected chi connectivity index (χ1v) is 8.77. The van der Waals surface area contributed by atoms with Crippen LogP contribution in [0.15, 0.2) is 48.5 Å². The van der Waals surface area contributed by atoms with Crippen molar-refractivity contribution in [3.63, 3.8) is 0 Å². The largest absolute Gasteiger partial charge is 0.490 e. The molecular formula is C21H24O3. The van der Waals surface area contributed by atoms with Gasteiger partial charge in [0, 0.05) is 6.42 Å². The summed E-state index contributed by atoms with van der Waals surface area (Å²) in [6.45, 7) is 2.58. The Labute approximate surface area is 143 Å². The number of fused-ring (bicyclic) bond motifs is 1. The average molecular weight is 324 g/mol. The maximum absolute atomic E-state index is 12.1. The van der Waals surface area contributed by atoms with Gasteiger partial charge in [-0.15, -0.1) is 0 Å². The summed E-state index contributed by atoms with van der Waals surface area (Å²) in [5.74, 6) is 0.705. The third kappa shape index (κ3) is 4.16. The van der Waals surface area contributed by atoms with Gasteiger partial charge in [0.25, 0.3) is 0 Å². The summed E-state index contributed by atoms with van der Waals surface area (Å²) in [6.07, 6.45) is 4.92. The van der Waals surface area contributed by atoms with Gasteiger partial charge in [-0.1, -0.05) is 37.6 Å². The molecule has 0 fully saturated rings. The quantitative estimate of drug-likeness (QED) is 0.576. The van der Waals surface area contributed by atoms with E-state index in [0.717, 1.165) is 37.9 Å². The van der Waals surface area contributed by atoms with Gasteiger partial charge in [0.05, 0.1) is 12.2 Å².